The van der Waals surface area contributed by atoms with Crippen LogP contribution in [-0.2, 0) is 9.53 Å². The highest BCUT2D eigenvalue weighted by Crippen LogP contribution is 2.56. The van der Waals surface area contributed by atoms with E-state index in [2.05, 4.69) is 13.8 Å². The Kier molecular flexibility index (Phi) is 2.43. The number of carbonyl (C=O) groups is 1. The van der Waals surface area contributed by atoms with Crippen molar-refractivity contribution >= 4 is 5.97 Å². The van der Waals surface area contributed by atoms with Crippen LogP contribution < -0.4 is 0 Å². The van der Waals surface area contributed by atoms with Crippen LogP contribution in [0.3, 0.4) is 0 Å². The van der Waals surface area contributed by atoms with Crippen molar-refractivity contribution in [2.75, 3.05) is 7.11 Å². The van der Waals surface area contributed by atoms with Crippen molar-refractivity contribution in [1.29, 1.82) is 0 Å². The van der Waals surface area contributed by atoms with Gasteiger partial charge in [-0.2, -0.15) is 0 Å². The SMILES string of the molecule is COC(=O)C(C)(C)C1(O)CC(C)(C)C1. The van der Waals surface area contributed by atoms with E-state index in [1.807, 2.05) is 0 Å². The van der Waals surface area contributed by atoms with Crippen LogP contribution in [0.4, 0.5) is 0 Å². The van der Waals surface area contributed by atoms with E-state index in [9.17, 15) is 9.90 Å². The third-order valence-corrected chi connectivity index (χ3v) is 3.40. The lowest BCUT2D eigenvalue weighted by molar-refractivity contribution is -0.204. The van der Waals surface area contributed by atoms with Crippen LogP contribution in [0.2, 0.25) is 0 Å². The van der Waals surface area contributed by atoms with Crippen LogP contribution in [0, 0.1) is 10.8 Å². The molecule has 1 fully saturated rings. The molecule has 82 valence electrons. The van der Waals surface area contributed by atoms with Gasteiger partial charge in [0.15, 0.2) is 0 Å². The molecule has 1 aliphatic carbocycles. The fraction of sp³-hybridized carbons (Fsp3) is 0.909. The monoisotopic (exact) mass is 200 g/mol. The van der Waals surface area contributed by atoms with E-state index in [0.717, 1.165) is 0 Å². The van der Waals surface area contributed by atoms with Gasteiger partial charge in [0, 0.05) is 0 Å². The number of methoxy groups -OCH3 is 1. The second-order valence-corrected chi connectivity index (χ2v) is 5.67. The van der Waals surface area contributed by atoms with Gasteiger partial charge in [0.25, 0.3) is 0 Å². The topological polar surface area (TPSA) is 46.5 Å². The lowest BCUT2D eigenvalue weighted by atomic mass is 9.52. The molecule has 0 aromatic carbocycles. The number of aliphatic hydroxyl groups is 1. The molecular formula is C11H20O3. The van der Waals surface area contributed by atoms with E-state index in [0.29, 0.717) is 12.8 Å². The summed E-state index contributed by atoms with van der Waals surface area (Å²) in [6.07, 6.45) is 1.31. The summed E-state index contributed by atoms with van der Waals surface area (Å²) in [4.78, 5) is 11.5. The van der Waals surface area contributed by atoms with Crippen LogP contribution in [-0.4, -0.2) is 23.8 Å². The lowest BCUT2D eigenvalue weighted by Gasteiger charge is -2.56. The first-order chi connectivity index (χ1) is 6.15. The summed E-state index contributed by atoms with van der Waals surface area (Å²) in [7, 11) is 1.36. The molecule has 14 heavy (non-hydrogen) atoms. The van der Waals surface area contributed by atoms with Crippen LogP contribution in [0.5, 0.6) is 0 Å². The van der Waals surface area contributed by atoms with Crippen LogP contribution >= 0.6 is 0 Å². The molecule has 0 heterocycles. The number of hydrogen-bond acceptors (Lipinski definition) is 3. The Balaban J connectivity index is 2.80. The predicted octanol–water partition coefficient (Wildman–Crippen LogP) is 1.74. The Morgan fingerprint density at radius 3 is 2.07 bits per heavy atom. The second kappa shape index (κ2) is 2.96. The summed E-state index contributed by atoms with van der Waals surface area (Å²) in [6.45, 7) is 7.67. The molecule has 0 saturated heterocycles. The summed E-state index contributed by atoms with van der Waals surface area (Å²) in [5.74, 6) is -0.337. The van der Waals surface area contributed by atoms with E-state index < -0.39 is 11.0 Å². The number of carbonyl (C=O) groups excluding carboxylic acids is 1. The maximum atomic E-state index is 11.5. The van der Waals surface area contributed by atoms with Gasteiger partial charge in [0.2, 0.25) is 0 Å². The normalized spacial score (nSPS) is 23.9. The zero-order valence-electron chi connectivity index (χ0n) is 9.68. The number of hydrogen-bond donors (Lipinski definition) is 1. The first-order valence-electron chi connectivity index (χ1n) is 4.95. The first-order valence-corrected chi connectivity index (χ1v) is 4.95. The largest absolute Gasteiger partial charge is 0.469 e. The van der Waals surface area contributed by atoms with Gasteiger partial charge in [-0.05, 0) is 32.1 Å². The van der Waals surface area contributed by atoms with E-state index >= 15 is 0 Å². The Labute approximate surface area is 85.5 Å². The summed E-state index contributed by atoms with van der Waals surface area (Å²) < 4.78 is 4.71. The second-order valence-electron chi connectivity index (χ2n) is 5.67. The molecule has 0 unspecified atom stereocenters. The Hall–Kier alpha value is -0.570. The molecule has 3 nitrogen and oxygen atoms in total. The van der Waals surface area contributed by atoms with Crippen molar-refractivity contribution in [1.82, 2.24) is 0 Å². The zero-order valence-corrected chi connectivity index (χ0v) is 9.68. The van der Waals surface area contributed by atoms with Crippen LogP contribution in [0.15, 0.2) is 0 Å². The highest BCUT2D eigenvalue weighted by Gasteiger charge is 2.59. The van der Waals surface area contributed by atoms with Gasteiger partial charge in [0.05, 0.1) is 18.1 Å². The number of ether oxygens (including phenoxy) is 1. The van der Waals surface area contributed by atoms with Crippen LogP contribution in [0.1, 0.15) is 40.5 Å². The average Bonchev–Trinajstić information content (AvgIpc) is 1.98. The Morgan fingerprint density at radius 2 is 1.79 bits per heavy atom. The molecule has 0 aliphatic heterocycles. The third kappa shape index (κ3) is 1.54. The minimum Gasteiger partial charge on any atom is -0.469 e. The maximum absolute atomic E-state index is 11.5. The summed E-state index contributed by atoms with van der Waals surface area (Å²) in [6, 6.07) is 0. The third-order valence-electron chi connectivity index (χ3n) is 3.40. The molecule has 0 bridgehead atoms. The molecule has 0 atom stereocenters. The fourth-order valence-electron chi connectivity index (χ4n) is 2.42. The molecule has 0 aromatic rings. The smallest absolute Gasteiger partial charge is 0.314 e. The molecule has 1 saturated carbocycles. The van der Waals surface area contributed by atoms with Crippen molar-refractivity contribution in [3.63, 3.8) is 0 Å². The molecule has 0 radical (unpaired) electrons. The zero-order chi connectivity index (χ0) is 11.2. The molecule has 1 rings (SSSR count). The average molecular weight is 200 g/mol. The molecule has 1 N–H and O–H groups in total. The van der Waals surface area contributed by atoms with Gasteiger partial charge >= 0.3 is 5.97 Å². The van der Waals surface area contributed by atoms with E-state index in [4.69, 9.17) is 4.74 Å². The highest BCUT2D eigenvalue weighted by atomic mass is 16.5. The van der Waals surface area contributed by atoms with Gasteiger partial charge in [-0.15, -0.1) is 0 Å². The Morgan fingerprint density at radius 1 is 1.36 bits per heavy atom. The minimum absolute atomic E-state index is 0.139. The quantitative estimate of drug-likeness (QED) is 0.691. The molecule has 0 amide bonds. The molecule has 3 heteroatoms. The van der Waals surface area contributed by atoms with Crippen molar-refractivity contribution in [2.45, 2.75) is 46.1 Å². The van der Waals surface area contributed by atoms with Gasteiger partial charge in [-0.25, -0.2) is 0 Å². The molecular weight excluding hydrogens is 180 g/mol. The fourth-order valence-corrected chi connectivity index (χ4v) is 2.42. The van der Waals surface area contributed by atoms with Crippen molar-refractivity contribution in [2.24, 2.45) is 10.8 Å². The van der Waals surface area contributed by atoms with Crippen LogP contribution in [0.25, 0.3) is 0 Å². The molecule has 0 spiro atoms. The van der Waals surface area contributed by atoms with E-state index in [1.54, 1.807) is 13.8 Å². The van der Waals surface area contributed by atoms with Gasteiger partial charge in [0.1, 0.15) is 0 Å². The maximum Gasteiger partial charge on any atom is 0.314 e. The first kappa shape index (κ1) is 11.5. The van der Waals surface area contributed by atoms with E-state index in [-0.39, 0.29) is 11.4 Å². The number of esters is 1. The van der Waals surface area contributed by atoms with Gasteiger partial charge < -0.3 is 9.84 Å². The van der Waals surface area contributed by atoms with Gasteiger partial charge in [-0.3, -0.25) is 4.79 Å². The summed E-state index contributed by atoms with van der Waals surface area (Å²) in [5.41, 5.74) is -1.57. The predicted molar refractivity (Wildman–Crippen MR) is 53.8 cm³/mol. The summed E-state index contributed by atoms with van der Waals surface area (Å²) >= 11 is 0. The van der Waals surface area contributed by atoms with Crippen molar-refractivity contribution in [3.8, 4) is 0 Å². The highest BCUT2D eigenvalue weighted by molar-refractivity contribution is 5.77. The summed E-state index contributed by atoms with van der Waals surface area (Å²) in [5, 5.41) is 10.3. The molecule has 1 aliphatic rings. The lowest BCUT2D eigenvalue weighted by Crippen LogP contribution is -2.61. The van der Waals surface area contributed by atoms with E-state index in [1.165, 1.54) is 7.11 Å². The van der Waals surface area contributed by atoms with Crippen molar-refractivity contribution in [3.05, 3.63) is 0 Å². The number of rotatable bonds is 2. The van der Waals surface area contributed by atoms with Crippen molar-refractivity contribution < 1.29 is 14.6 Å². The standard InChI is InChI=1S/C11H20O3/c1-9(2)6-11(13,7-9)10(3,4)8(12)14-5/h13H,6-7H2,1-5H3. The molecule has 0 aromatic heterocycles. The Bertz CT molecular complexity index is 245. The minimum atomic E-state index is -0.899. The van der Waals surface area contributed by atoms with Gasteiger partial charge in [-0.1, -0.05) is 13.8 Å².